The van der Waals surface area contributed by atoms with Crippen LogP contribution in [0.25, 0.3) is 5.69 Å². The van der Waals surface area contributed by atoms with Gasteiger partial charge in [0, 0.05) is 24.5 Å². The van der Waals surface area contributed by atoms with Crippen molar-refractivity contribution in [2.45, 2.75) is 32.8 Å². The van der Waals surface area contributed by atoms with Gasteiger partial charge in [-0.25, -0.2) is 13.9 Å². The minimum Gasteiger partial charge on any atom is -0.391 e. The summed E-state index contributed by atoms with van der Waals surface area (Å²) in [5.41, 5.74) is 2.37. The molecule has 1 aromatic carbocycles. The number of nitrogens with one attached hydrogen (secondary N) is 1. The number of likely N-dealkylation sites (tertiary alicyclic amines) is 1. The second-order valence-corrected chi connectivity index (χ2v) is 6.18. The van der Waals surface area contributed by atoms with Crippen LogP contribution >= 0.6 is 0 Å². The van der Waals surface area contributed by atoms with Crippen LogP contribution in [0.2, 0.25) is 0 Å². The molecule has 0 bridgehead atoms. The van der Waals surface area contributed by atoms with E-state index in [9.17, 15) is 14.3 Å². The summed E-state index contributed by atoms with van der Waals surface area (Å²) < 4.78 is 16.0. The zero-order chi connectivity index (χ0) is 17.3. The van der Waals surface area contributed by atoms with Gasteiger partial charge in [-0.1, -0.05) is 0 Å². The molecule has 0 saturated carbocycles. The minimum absolute atomic E-state index is 0.304. The number of piperidine rings is 1. The number of aliphatic hydroxyl groups is 1. The molecule has 24 heavy (non-hydrogen) atoms. The Morgan fingerprint density at radius 2 is 2.17 bits per heavy atom. The van der Waals surface area contributed by atoms with Crippen LogP contribution in [0.4, 0.5) is 14.9 Å². The van der Waals surface area contributed by atoms with Gasteiger partial charge >= 0.3 is 6.03 Å². The predicted octanol–water partition coefficient (Wildman–Crippen LogP) is 2.62. The second kappa shape index (κ2) is 6.60. The Balaban J connectivity index is 1.75. The highest BCUT2D eigenvalue weighted by Crippen LogP contribution is 2.20. The number of amides is 2. The summed E-state index contributed by atoms with van der Waals surface area (Å²) in [5, 5.41) is 16.6. The van der Waals surface area contributed by atoms with E-state index < -0.39 is 11.9 Å². The van der Waals surface area contributed by atoms with E-state index >= 15 is 0 Å². The number of carbonyl (C=O) groups is 1. The zero-order valence-electron chi connectivity index (χ0n) is 13.8. The van der Waals surface area contributed by atoms with Crippen molar-refractivity contribution >= 4 is 11.7 Å². The first-order valence-electron chi connectivity index (χ1n) is 8.01. The third-order valence-electron chi connectivity index (χ3n) is 4.12. The fraction of sp³-hybridized carbons (Fsp3) is 0.412. The van der Waals surface area contributed by atoms with E-state index in [1.54, 1.807) is 17.0 Å². The van der Waals surface area contributed by atoms with Crippen molar-refractivity contribution in [2.24, 2.45) is 0 Å². The Morgan fingerprint density at radius 1 is 1.38 bits per heavy atom. The van der Waals surface area contributed by atoms with E-state index in [1.807, 2.05) is 19.9 Å². The van der Waals surface area contributed by atoms with Crippen LogP contribution in [0.15, 0.2) is 24.3 Å². The molecule has 1 saturated heterocycles. The first-order valence-corrected chi connectivity index (χ1v) is 8.01. The van der Waals surface area contributed by atoms with E-state index in [4.69, 9.17) is 0 Å². The molecule has 6 nitrogen and oxygen atoms in total. The molecule has 0 radical (unpaired) electrons. The number of nitrogens with zero attached hydrogens (tertiary/aromatic N) is 3. The van der Waals surface area contributed by atoms with Gasteiger partial charge < -0.3 is 15.3 Å². The summed E-state index contributed by atoms with van der Waals surface area (Å²) in [5.74, 6) is -0.460. The van der Waals surface area contributed by atoms with Gasteiger partial charge in [0.15, 0.2) is 5.82 Å². The number of hydrogen-bond acceptors (Lipinski definition) is 3. The summed E-state index contributed by atoms with van der Waals surface area (Å²) >= 11 is 0. The molecule has 2 N–H and O–H groups in total. The Labute approximate surface area is 139 Å². The van der Waals surface area contributed by atoms with Crippen LogP contribution in [0, 0.1) is 19.7 Å². The topological polar surface area (TPSA) is 70.4 Å². The monoisotopic (exact) mass is 332 g/mol. The van der Waals surface area contributed by atoms with Gasteiger partial charge in [-0.2, -0.15) is 5.10 Å². The summed E-state index contributed by atoms with van der Waals surface area (Å²) in [6.45, 7) is 4.60. The van der Waals surface area contributed by atoms with Gasteiger partial charge in [0.2, 0.25) is 0 Å². The number of aryl methyl sites for hydroxylation is 2. The smallest absolute Gasteiger partial charge is 0.321 e. The average molecular weight is 332 g/mol. The highest BCUT2D eigenvalue weighted by atomic mass is 19.1. The molecule has 1 unspecified atom stereocenters. The molecule has 128 valence electrons. The number of benzene rings is 1. The Kier molecular flexibility index (Phi) is 4.53. The van der Waals surface area contributed by atoms with Crippen LogP contribution in [0.3, 0.4) is 0 Å². The third-order valence-corrected chi connectivity index (χ3v) is 4.12. The van der Waals surface area contributed by atoms with Crippen molar-refractivity contribution in [1.29, 1.82) is 0 Å². The van der Waals surface area contributed by atoms with E-state index in [2.05, 4.69) is 10.4 Å². The molecule has 0 aliphatic carbocycles. The molecule has 7 heteroatoms. The summed E-state index contributed by atoms with van der Waals surface area (Å²) in [6.07, 6.45) is 0.977. The quantitative estimate of drug-likeness (QED) is 0.888. The Hall–Kier alpha value is -2.41. The molecular weight excluding hydrogens is 311 g/mol. The lowest BCUT2D eigenvalue weighted by Gasteiger charge is -2.30. The summed E-state index contributed by atoms with van der Waals surface area (Å²) in [7, 11) is 0. The Morgan fingerprint density at radius 3 is 2.79 bits per heavy atom. The fourth-order valence-electron chi connectivity index (χ4n) is 2.97. The highest BCUT2D eigenvalue weighted by Gasteiger charge is 2.22. The predicted molar refractivity (Wildman–Crippen MR) is 88.8 cm³/mol. The Bertz CT molecular complexity index is 759. The molecular formula is C17H21FN4O2. The van der Waals surface area contributed by atoms with Crippen molar-refractivity contribution in [1.82, 2.24) is 14.7 Å². The molecule has 2 aromatic rings. The maximum Gasteiger partial charge on any atom is 0.321 e. The number of halogens is 1. The van der Waals surface area contributed by atoms with Crippen molar-refractivity contribution in [3.05, 3.63) is 41.5 Å². The van der Waals surface area contributed by atoms with Crippen LogP contribution in [0.1, 0.15) is 24.2 Å². The van der Waals surface area contributed by atoms with Crippen LogP contribution in [-0.4, -0.2) is 45.0 Å². The van der Waals surface area contributed by atoms with Crippen molar-refractivity contribution < 1.29 is 14.3 Å². The first kappa shape index (κ1) is 16.4. The van der Waals surface area contributed by atoms with Crippen LogP contribution < -0.4 is 5.32 Å². The van der Waals surface area contributed by atoms with E-state index in [0.29, 0.717) is 30.9 Å². The van der Waals surface area contributed by atoms with Gasteiger partial charge in [0.25, 0.3) is 0 Å². The summed E-state index contributed by atoms with van der Waals surface area (Å²) in [4.78, 5) is 13.7. The van der Waals surface area contributed by atoms with Crippen molar-refractivity contribution in [3.8, 4) is 5.69 Å². The third kappa shape index (κ3) is 3.41. The van der Waals surface area contributed by atoms with Gasteiger partial charge in [0.1, 0.15) is 5.69 Å². The standard InChI is InChI=1S/C17H21FN4O2/c1-11-8-12(2)22(20-11)16-6-5-13(9-15(16)18)19-17(24)21-7-3-4-14(23)10-21/h5-6,8-9,14,23H,3-4,7,10H2,1-2H3,(H,19,24). The minimum atomic E-state index is -0.491. The van der Waals surface area contributed by atoms with E-state index in [-0.39, 0.29) is 6.03 Å². The number of β-amino-alcohol motifs (C(OH)–C–C–N with tert-alkyl or cyclic N) is 1. The number of anilines is 1. The second-order valence-electron chi connectivity index (χ2n) is 6.18. The number of hydrogen-bond donors (Lipinski definition) is 2. The van der Waals surface area contributed by atoms with Gasteiger partial charge in [-0.3, -0.25) is 0 Å². The van der Waals surface area contributed by atoms with Crippen molar-refractivity contribution in [2.75, 3.05) is 18.4 Å². The van der Waals surface area contributed by atoms with Gasteiger partial charge in [-0.05, 0) is 51.0 Å². The maximum atomic E-state index is 14.4. The molecule has 1 aromatic heterocycles. The largest absolute Gasteiger partial charge is 0.391 e. The SMILES string of the molecule is Cc1cc(C)n(-c2ccc(NC(=O)N3CCCC(O)C3)cc2F)n1. The summed E-state index contributed by atoms with van der Waals surface area (Å²) in [6, 6.07) is 6.07. The molecule has 1 atom stereocenters. The molecule has 2 amide bonds. The molecule has 3 rings (SSSR count). The molecule has 1 aliphatic rings. The maximum absolute atomic E-state index is 14.4. The number of aromatic nitrogens is 2. The van der Waals surface area contributed by atoms with Gasteiger partial charge in [-0.15, -0.1) is 0 Å². The van der Waals surface area contributed by atoms with E-state index in [0.717, 1.165) is 17.8 Å². The lowest BCUT2D eigenvalue weighted by molar-refractivity contribution is 0.0883. The average Bonchev–Trinajstić information content (AvgIpc) is 2.86. The molecule has 2 heterocycles. The lowest BCUT2D eigenvalue weighted by Crippen LogP contribution is -2.44. The normalized spacial score (nSPS) is 17.8. The van der Waals surface area contributed by atoms with E-state index in [1.165, 1.54) is 10.7 Å². The zero-order valence-corrected chi connectivity index (χ0v) is 13.8. The fourth-order valence-corrected chi connectivity index (χ4v) is 2.97. The molecule has 1 fully saturated rings. The van der Waals surface area contributed by atoms with Crippen molar-refractivity contribution in [3.63, 3.8) is 0 Å². The highest BCUT2D eigenvalue weighted by molar-refractivity contribution is 5.89. The van der Waals surface area contributed by atoms with Gasteiger partial charge in [0.05, 0.1) is 11.8 Å². The van der Waals surface area contributed by atoms with Crippen LogP contribution in [0.5, 0.6) is 0 Å². The number of carbonyl (C=O) groups excluding carboxylic acids is 1. The first-order chi connectivity index (χ1) is 11.4. The molecule has 1 aliphatic heterocycles. The number of aliphatic hydroxyl groups excluding tert-OH is 1. The number of rotatable bonds is 2. The molecule has 0 spiro atoms. The lowest BCUT2D eigenvalue weighted by atomic mass is 10.1. The van der Waals surface area contributed by atoms with Crippen LogP contribution in [-0.2, 0) is 0 Å². The number of urea groups is 1.